The maximum atomic E-state index is 10.4. The molecule has 0 aliphatic carbocycles. The van der Waals surface area contributed by atoms with Gasteiger partial charge in [-0.15, -0.1) is 0 Å². The molecule has 1 aromatic rings. The van der Waals surface area contributed by atoms with Crippen LogP contribution in [0.15, 0.2) is 24.3 Å². The molecule has 3 heteroatoms. The van der Waals surface area contributed by atoms with Crippen LogP contribution >= 0.6 is 0 Å². The zero-order valence-corrected chi connectivity index (χ0v) is 8.94. The number of aliphatic carboxylic acids is 1. The summed E-state index contributed by atoms with van der Waals surface area (Å²) >= 11 is 0. The van der Waals surface area contributed by atoms with Crippen molar-refractivity contribution in [3.8, 4) is 0 Å². The Balaban J connectivity index is 2.60. The second kappa shape index (κ2) is 5.51. The van der Waals surface area contributed by atoms with Crippen LogP contribution in [0.4, 0.5) is 0 Å². The van der Waals surface area contributed by atoms with Crippen molar-refractivity contribution in [2.75, 3.05) is 0 Å². The normalized spacial score (nSPS) is 12.4. The quantitative estimate of drug-likeness (QED) is 0.777. The van der Waals surface area contributed by atoms with Crippen LogP contribution in [-0.4, -0.2) is 11.1 Å². The van der Waals surface area contributed by atoms with Crippen molar-refractivity contribution < 1.29 is 9.90 Å². The van der Waals surface area contributed by atoms with Crippen molar-refractivity contribution >= 4 is 5.97 Å². The number of carboxylic acids is 1. The Kier molecular flexibility index (Phi) is 4.31. The summed E-state index contributed by atoms with van der Waals surface area (Å²) in [6, 6.07) is 7.94. The number of hydrogen-bond acceptors (Lipinski definition) is 2. The maximum absolute atomic E-state index is 10.4. The van der Waals surface area contributed by atoms with E-state index in [1.54, 1.807) is 0 Å². The fourth-order valence-corrected chi connectivity index (χ4v) is 1.42. The maximum Gasteiger partial charge on any atom is 0.303 e. The molecule has 0 spiro atoms. The molecule has 1 aromatic carbocycles. The fourth-order valence-electron chi connectivity index (χ4n) is 1.42. The van der Waals surface area contributed by atoms with Gasteiger partial charge in [0, 0.05) is 12.5 Å². The lowest BCUT2D eigenvalue weighted by Crippen LogP contribution is -2.08. The molecule has 0 heterocycles. The molecule has 0 fully saturated rings. The first-order valence-electron chi connectivity index (χ1n) is 5.19. The molecule has 0 amide bonds. The highest BCUT2D eigenvalue weighted by Crippen LogP contribution is 2.14. The van der Waals surface area contributed by atoms with E-state index < -0.39 is 5.97 Å². The van der Waals surface area contributed by atoms with Crippen LogP contribution in [0.1, 0.15) is 36.9 Å². The lowest BCUT2D eigenvalue weighted by atomic mass is 10.0. The van der Waals surface area contributed by atoms with Crippen LogP contribution in [0.2, 0.25) is 0 Å². The Bertz CT molecular complexity index is 319. The molecule has 1 unspecified atom stereocenters. The van der Waals surface area contributed by atoms with Crippen LogP contribution in [0, 0.1) is 0 Å². The van der Waals surface area contributed by atoms with Crippen LogP contribution in [0.25, 0.3) is 0 Å². The predicted octanol–water partition coefficient (Wildman–Crippen LogP) is 2.11. The van der Waals surface area contributed by atoms with Crippen molar-refractivity contribution in [3.05, 3.63) is 35.4 Å². The zero-order valence-electron chi connectivity index (χ0n) is 8.94. The molecule has 0 aromatic heterocycles. The third kappa shape index (κ3) is 3.72. The van der Waals surface area contributed by atoms with Gasteiger partial charge in [-0.3, -0.25) is 4.79 Å². The van der Waals surface area contributed by atoms with Gasteiger partial charge in [-0.05, 0) is 24.0 Å². The molecular weight excluding hydrogens is 190 g/mol. The van der Waals surface area contributed by atoms with E-state index in [0.29, 0.717) is 6.42 Å². The minimum absolute atomic E-state index is 0.0820. The van der Waals surface area contributed by atoms with E-state index >= 15 is 0 Å². The molecule has 0 radical (unpaired) electrons. The van der Waals surface area contributed by atoms with Crippen LogP contribution < -0.4 is 5.73 Å². The number of nitrogens with two attached hydrogens (primary N) is 1. The topological polar surface area (TPSA) is 63.3 Å². The van der Waals surface area contributed by atoms with Gasteiger partial charge in [-0.25, -0.2) is 0 Å². The average molecular weight is 207 g/mol. The van der Waals surface area contributed by atoms with Gasteiger partial charge in [0.05, 0.1) is 0 Å². The number of rotatable bonds is 5. The lowest BCUT2D eigenvalue weighted by Gasteiger charge is -2.09. The molecule has 0 saturated heterocycles. The molecule has 1 rings (SSSR count). The molecule has 3 N–H and O–H groups in total. The molecule has 0 bridgehead atoms. The average Bonchev–Trinajstić information content (AvgIpc) is 2.26. The van der Waals surface area contributed by atoms with Gasteiger partial charge in [0.15, 0.2) is 0 Å². The molecule has 0 aliphatic heterocycles. The molecule has 15 heavy (non-hydrogen) atoms. The summed E-state index contributed by atoms with van der Waals surface area (Å²) in [5, 5.41) is 8.54. The standard InChI is InChI=1S/C12H17NO2/c1-2-11(13)10-6-3-9(4-7-10)5-8-12(14)15/h3-4,6-7,11H,2,5,8,13H2,1H3,(H,14,15). The van der Waals surface area contributed by atoms with Crippen molar-refractivity contribution in [1.82, 2.24) is 0 Å². The van der Waals surface area contributed by atoms with Gasteiger partial charge >= 0.3 is 5.97 Å². The minimum atomic E-state index is -0.760. The van der Waals surface area contributed by atoms with Gasteiger partial charge in [-0.2, -0.15) is 0 Å². The Morgan fingerprint density at radius 1 is 1.40 bits per heavy atom. The molecule has 3 nitrogen and oxygen atoms in total. The third-order valence-corrected chi connectivity index (χ3v) is 2.48. The summed E-state index contributed by atoms with van der Waals surface area (Å²) in [6.07, 6.45) is 1.67. The molecule has 1 atom stereocenters. The highest BCUT2D eigenvalue weighted by molar-refractivity contribution is 5.67. The Morgan fingerprint density at radius 3 is 2.47 bits per heavy atom. The molecule has 0 saturated carbocycles. The van der Waals surface area contributed by atoms with Gasteiger partial charge < -0.3 is 10.8 Å². The summed E-state index contributed by atoms with van der Waals surface area (Å²) < 4.78 is 0. The first-order valence-corrected chi connectivity index (χ1v) is 5.19. The monoisotopic (exact) mass is 207 g/mol. The van der Waals surface area contributed by atoms with Gasteiger partial charge in [-0.1, -0.05) is 31.2 Å². The van der Waals surface area contributed by atoms with E-state index in [1.165, 1.54) is 0 Å². The first-order chi connectivity index (χ1) is 7.13. The van der Waals surface area contributed by atoms with Crippen molar-refractivity contribution in [2.45, 2.75) is 32.2 Å². The summed E-state index contributed by atoms with van der Waals surface area (Å²) in [7, 11) is 0. The third-order valence-electron chi connectivity index (χ3n) is 2.48. The molecule has 0 aliphatic rings. The largest absolute Gasteiger partial charge is 0.481 e. The second-order valence-corrected chi connectivity index (χ2v) is 3.65. The van der Waals surface area contributed by atoms with Gasteiger partial charge in [0.1, 0.15) is 0 Å². The zero-order chi connectivity index (χ0) is 11.3. The summed E-state index contributed by atoms with van der Waals surface area (Å²) in [4.78, 5) is 10.4. The Morgan fingerprint density at radius 2 is 2.00 bits per heavy atom. The van der Waals surface area contributed by atoms with E-state index in [2.05, 4.69) is 0 Å². The van der Waals surface area contributed by atoms with Gasteiger partial charge in [0.2, 0.25) is 0 Å². The minimum Gasteiger partial charge on any atom is -0.481 e. The highest BCUT2D eigenvalue weighted by Gasteiger charge is 2.03. The Labute approximate surface area is 89.9 Å². The number of benzene rings is 1. The number of carbonyl (C=O) groups is 1. The number of hydrogen-bond donors (Lipinski definition) is 2. The molecule has 82 valence electrons. The van der Waals surface area contributed by atoms with Crippen LogP contribution in [-0.2, 0) is 11.2 Å². The number of aryl methyl sites for hydroxylation is 1. The van der Waals surface area contributed by atoms with E-state index in [4.69, 9.17) is 10.8 Å². The van der Waals surface area contributed by atoms with E-state index in [1.807, 2.05) is 31.2 Å². The van der Waals surface area contributed by atoms with Crippen LogP contribution in [0.3, 0.4) is 0 Å². The lowest BCUT2D eigenvalue weighted by molar-refractivity contribution is -0.136. The fraction of sp³-hybridized carbons (Fsp3) is 0.417. The smallest absolute Gasteiger partial charge is 0.303 e. The Hall–Kier alpha value is -1.35. The van der Waals surface area contributed by atoms with Gasteiger partial charge in [0.25, 0.3) is 0 Å². The van der Waals surface area contributed by atoms with E-state index in [0.717, 1.165) is 17.5 Å². The van der Waals surface area contributed by atoms with Crippen molar-refractivity contribution in [1.29, 1.82) is 0 Å². The number of carboxylic acid groups (broad SMARTS) is 1. The highest BCUT2D eigenvalue weighted by atomic mass is 16.4. The SMILES string of the molecule is CCC(N)c1ccc(CCC(=O)O)cc1. The van der Waals surface area contributed by atoms with Crippen molar-refractivity contribution in [3.63, 3.8) is 0 Å². The van der Waals surface area contributed by atoms with E-state index in [9.17, 15) is 4.79 Å². The van der Waals surface area contributed by atoms with Crippen LogP contribution in [0.5, 0.6) is 0 Å². The van der Waals surface area contributed by atoms with E-state index in [-0.39, 0.29) is 12.5 Å². The second-order valence-electron chi connectivity index (χ2n) is 3.65. The van der Waals surface area contributed by atoms with Crippen molar-refractivity contribution in [2.24, 2.45) is 5.73 Å². The summed E-state index contributed by atoms with van der Waals surface area (Å²) in [5.74, 6) is -0.760. The molecular formula is C12H17NO2. The summed E-state index contributed by atoms with van der Waals surface area (Å²) in [6.45, 7) is 2.04. The summed E-state index contributed by atoms with van der Waals surface area (Å²) in [5.41, 5.74) is 8.03. The first kappa shape index (κ1) is 11.7. The predicted molar refractivity (Wildman–Crippen MR) is 59.6 cm³/mol.